The van der Waals surface area contributed by atoms with Crippen LogP contribution in [0.5, 0.6) is 0 Å². The Morgan fingerprint density at radius 1 is 1.12 bits per heavy atom. The van der Waals surface area contributed by atoms with Gasteiger partial charge in [-0.2, -0.15) is 0 Å². The molecule has 0 aliphatic heterocycles. The van der Waals surface area contributed by atoms with Gasteiger partial charge in [0.1, 0.15) is 17.5 Å². The molecule has 1 heterocycles. The summed E-state index contributed by atoms with van der Waals surface area (Å²) in [6.45, 7) is 2.07. The summed E-state index contributed by atoms with van der Waals surface area (Å²) in [5.74, 6) is 0.867. The van der Waals surface area contributed by atoms with Crippen molar-refractivity contribution in [3.63, 3.8) is 0 Å². The number of ketones is 1. The normalized spacial score (nSPS) is 10.8. The highest BCUT2D eigenvalue weighted by Gasteiger charge is 2.19. The molecule has 0 spiro atoms. The summed E-state index contributed by atoms with van der Waals surface area (Å²) in [5.41, 5.74) is 1.52. The van der Waals surface area contributed by atoms with E-state index in [9.17, 15) is 9.18 Å². The maximum atomic E-state index is 13.5. The van der Waals surface area contributed by atoms with Crippen LogP contribution >= 0.6 is 15.9 Å². The molecule has 4 nitrogen and oxygen atoms in total. The van der Waals surface area contributed by atoms with Crippen molar-refractivity contribution in [2.75, 3.05) is 0 Å². The fraction of sp³-hybridized carbons (Fsp3) is 0.211. The monoisotopic (exact) mass is 401 g/mol. The Morgan fingerprint density at radius 3 is 2.60 bits per heavy atom. The Kier molecular flexibility index (Phi) is 5.38. The number of benzene rings is 2. The van der Waals surface area contributed by atoms with Crippen molar-refractivity contribution in [1.29, 1.82) is 0 Å². The van der Waals surface area contributed by atoms with Gasteiger partial charge < -0.3 is 0 Å². The van der Waals surface area contributed by atoms with E-state index in [-0.39, 0.29) is 5.78 Å². The summed E-state index contributed by atoms with van der Waals surface area (Å²) < 4.78 is 15.4. The van der Waals surface area contributed by atoms with Gasteiger partial charge in [-0.1, -0.05) is 47.1 Å². The fourth-order valence-corrected chi connectivity index (χ4v) is 3.11. The summed E-state index contributed by atoms with van der Waals surface area (Å²) in [6, 6.07) is 13.0. The standard InChI is InChI=1S/C19H17BrFN3O/c1-2-6-17-22-23-18(12-20)24(17)16-10-4-3-9-15(16)19(25)13-7-5-8-14(21)11-13/h3-5,7-11H,2,6,12H2,1H3. The lowest BCUT2D eigenvalue weighted by molar-refractivity contribution is 0.103. The topological polar surface area (TPSA) is 47.8 Å². The van der Waals surface area contributed by atoms with E-state index in [2.05, 4.69) is 33.1 Å². The fourth-order valence-electron chi connectivity index (χ4n) is 2.75. The van der Waals surface area contributed by atoms with Crippen molar-refractivity contribution in [3.8, 4) is 5.69 Å². The third kappa shape index (κ3) is 3.54. The minimum Gasteiger partial charge on any atom is -0.289 e. The second-order valence-corrected chi connectivity index (χ2v) is 6.17. The Labute approximate surface area is 153 Å². The summed E-state index contributed by atoms with van der Waals surface area (Å²) in [5, 5.41) is 8.98. The van der Waals surface area contributed by atoms with Gasteiger partial charge in [-0.25, -0.2) is 4.39 Å². The third-order valence-corrected chi connectivity index (χ3v) is 4.37. The van der Waals surface area contributed by atoms with E-state index in [1.165, 1.54) is 18.2 Å². The molecular weight excluding hydrogens is 385 g/mol. The van der Waals surface area contributed by atoms with Crippen LogP contribution in [0.2, 0.25) is 0 Å². The smallest absolute Gasteiger partial charge is 0.195 e. The van der Waals surface area contributed by atoms with Crippen molar-refractivity contribution in [3.05, 3.63) is 77.1 Å². The van der Waals surface area contributed by atoms with Crippen molar-refractivity contribution in [2.24, 2.45) is 0 Å². The van der Waals surface area contributed by atoms with E-state index >= 15 is 0 Å². The van der Waals surface area contributed by atoms with Crippen LogP contribution in [-0.4, -0.2) is 20.5 Å². The molecule has 0 saturated carbocycles. The molecule has 0 aliphatic rings. The maximum Gasteiger partial charge on any atom is 0.195 e. The van der Waals surface area contributed by atoms with Gasteiger partial charge in [0, 0.05) is 17.5 Å². The van der Waals surface area contributed by atoms with E-state index < -0.39 is 5.82 Å². The lowest BCUT2D eigenvalue weighted by Crippen LogP contribution is -2.11. The molecule has 0 radical (unpaired) electrons. The second-order valence-electron chi connectivity index (χ2n) is 5.61. The lowest BCUT2D eigenvalue weighted by Gasteiger charge is -2.13. The highest BCUT2D eigenvalue weighted by molar-refractivity contribution is 9.08. The zero-order valence-electron chi connectivity index (χ0n) is 13.7. The lowest BCUT2D eigenvalue weighted by atomic mass is 10.0. The van der Waals surface area contributed by atoms with Crippen molar-refractivity contribution >= 4 is 21.7 Å². The predicted molar refractivity (Wildman–Crippen MR) is 97.8 cm³/mol. The number of aromatic nitrogens is 3. The van der Waals surface area contributed by atoms with E-state index in [0.717, 1.165) is 24.5 Å². The number of carbonyl (C=O) groups excluding carboxylic acids is 1. The third-order valence-electron chi connectivity index (χ3n) is 3.87. The summed E-state index contributed by atoms with van der Waals surface area (Å²) in [7, 11) is 0. The van der Waals surface area contributed by atoms with Gasteiger partial charge in [-0.15, -0.1) is 10.2 Å². The van der Waals surface area contributed by atoms with Gasteiger partial charge >= 0.3 is 0 Å². The Balaban J connectivity index is 2.14. The van der Waals surface area contributed by atoms with Gasteiger partial charge in [0.05, 0.1) is 11.0 Å². The molecule has 3 aromatic rings. The van der Waals surface area contributed by atoms with Crippen molar-refractivity contribution in [1.82, 2.24) is 14.8 Å². The Morgan fingerprint density at radius 2 is 1.88 bits per heavy atom. The second kappa shape index (κ2) is 7.70. The molecule has 0 unspecified atom stereocenters. The maximum absolute atomic E-state index is 13.5. The van der Waals surface area contributed by atoms with Crippen LogP contribution in [-0.2, 0) is 11.8 Å². The molecule has 6 heteroatoms. The molecule has 0 saturated heterocycles. The first-order chi connectivity index (χ1) is 12.2. The quantitative estimate of drug-likeness (QED) is 0.451. The molecule has 0 aliphatic carbocycles. The van der Waals surface area contributed by atoms with Gasteiger partial charge in [0.2, 0.25) is 0 Å². The molecular formula is C19H17BrFN3O. The predicted octanol–water partition coefficient (Wildman–Crippen LogP) is 4.48. The number of hydrogen-bond acceptors (Lipinski definition) is 3. The Bertz CT molecular complexity index is 907. The van der Waals surface area contributed by atoms with E-state index in [0.29, 0.717) is 22.1 Å². The molecule has 2 aromatic carbocycles. The molecule has 25 heavy (non-hydrogen) atoms. The summed E-state index contributed by atoms with van der Waals surface area (Å²) in [4.78, 5) is 13.0. The van der Waals surface area contributed by atoms with Gasteiger partial charge in [0.25, 0.3) is 0 Å². The van der Waals surface area contributed by atoms with E-state index in [1.54, 1.807) is 18.2 Å². The zero-order valence-corrected chi connectivity index (χ0v) is 15.3. The van der Waals surface area contributed by atoms with E-state index in [1.807, 2.05) is 16.7 Å². The summed E-state index contributed by atoms with van der Waals surface area (Å²) in [6.07, 6.45) is 1.67. The van der Waals surface area contributed by atoms with Crippen LogP contribution in [0.3, 0.4) is 0 Å². The van der Waals surface area contributed by atoms with Crippen molar-refractivity contribution < 1.29 is 9.18 Å². The number of nitrogens with zero attached hydrogens (tertiary/aromatic N) is 3. The zero-order chi connectivity index (χ0) is 17.8. The molecule has 0 amide bonds. The van der Waals surface area contributed by atoms with Gasteiger partial charge in [-0.05, 0) is 30.7 Å². The average molecular weight is 402 g/mol. The Hall–Kier alpha value is -2.34. The molecule has 128 valence electrons. The van der Waals surface area contributed by atoms with Crippen LogP contribution in [0.15, 0.2) is 48.5 Å². The largest absolute Gasteiger partial charge is 0.289 e. The first-order valence-electron chi connectivity index (χ1n) is 8.04. The highest BCUT2D eigenvalue weighted by atomic mass is 79.9. The number of rotatable bonds is 6. The molecule has 0 bridgehead atoms. The number of halogens is 2. The molecule has 0 N–H and O–H groups in total. The number of carbonyl (C=O) groups is 1. The molecule has 3 rings (SSSR count). The van der Waals surface area contributed by atoms with Crippen LogP contribution < -0.4 is 0 Å². The van der Waals surface area contributed by atoms with Crippen LogP contribution in [0.1, 0.15) is 40.9 Å². The number of alkyl halides is 1. The average Bonchev–Trinajstić information content (AvgIpc) is 3.04. The molecule has 1 aromatic heterocycles. The van der Waals surface area contributed by atoms with Gasteiger partial charge in [-0.3, -0.25) is 9.36 Å². The minimum atomic E-state index is -0.430. The summed E-state index contributed by atoms with van der Waals surface area (Å²) >= 11 is 3.43. The number of hydrogen-bond donors (Lipinski definition) is 0. The highest BCUT2D eigenvalue weighted by Crippen LogP contribution is 2.23. The van der Waals surface area contributed by atoms with Gasteiger partial charge in [0.15, 0.2) is 5.78 Å². The number of aryl methyl sites for hydroxylation is 1. The first-order valence-corrected chi connectivity index (χ1v) is 9.16. The minimum absolute atomic E-state index is 0.230. The molecule has 0 fully saturated rings. The SMILES string of the molecule is CCCc1nnc(CBr)n1-c1ccccc1C(=O)c1cccc(F)c1. The first kappa shape index (κ1) is 17.5. The van der Waals surface area contributed by atoms with Crippen LogP contribution in [0.25, 0.3) is 5.69 Å². The van der Waals surface area contributed by atoms with Crippen LogP contribution in [0.4, 0.5) is 4.39 Å². The molecule has 0 atom stereocenters. The number of para-hydroxylation sites is 1. The van der Waals surface area contributed by atoms with Crippen LogP contribution in [0, 0.1) is 5.82 Å². The van der Waals surface area contributed by atoms with E-state index in [4.69, 9.17) is 0 Å². The van der Waals surface area contributed by atoms with Crippen molar-refractivity contribution in [2.45, 2.75) is 25.1 Å².